The van der Waals surface area contributed by atoms with Gasteiger partial charge in [-0.1, -0.05) is 15.9 Å². The zero-order valence-electron chi connectivity index (χ0n) is 10.6. The molecule has 0 bridgehead atoms. The van der Waals surface area contributed by atoms with Crippen LogP contribution in [0, 0.1) is 0 Å². The fourth-order valence-corrected chi connectivity index (χ4v) is 5.38. The van der Waals surface area contributed by atoms with E-state index in [9.17, 15) is 0 Å². The highest BCUT2D eigenvalue weighted by atomic mass is 79.9. The first-order chi connectivity index (χ1) is 9.17. The van der Waals surface area contributed by atoms with Gasteiger partial charge in [0.05, 0.1) is 5.60 Å². The van der Waals surface area contributed by atoms with Crippen LogP contribution < -0.4 is 5.32 Å². The maximum atomic E-state index is 6.06. The quantitative estimate of drug-likeness (QED) is 0.770. The summed E-state index contributed by atoms with van der Waals surface area (Å²) in [5, 5.41) is 3.67. The van der Waals surface area contributed by atoms with E-state index in [2.05, 4.69) is 55.4 Å². The highest BCUT2D eigenvalue weighted by Crippen LogP contribution is 2.39. The number of benzene rings is 1. The Labute approximate surface area is 135 Å². The van der Waals surface area contributed by atoms with Crippen molar-refractivity contribution in [3.05, 3.63) is 27.1 Å². The van der Waals surface area contributed by atoms with E-state index in [4.69, 9.17) is 4.74 Å². The molecule has 3 rings (SSSR count). The van der Waals surface area contributed by atoms with Crippen LogP contribution in [0.4, 0.5) is 5.69 Å². The summed E-state index contributed by atoms with van der Waals surface area (Å²) >= 11 is 9.14. The van der Waals surface area contributed by atoms with Crippen molar-refractivity contribution in [2.45, 2.75) is 30.9 Å². The maximum Gasteiger partial charge on any atom is 0.0799 e. The maximum absolute atomic E-state index is 6.06. The minimum Gasteiger partial charge on any atom is -0.381 e. The Bertz CT molecular complexity index is 463. The number of rotatable bonds is 2. The zero-order chi connectivity index (χ0) is 13.3. The molecule has 2 fully saturated rings. The molecule has 2 atom stereocenters. The molecule has 0 aromatic heterocycles. The number of hydrogen-bond acceptors (Lipinski definition) is 3. The van der Waals surface area contributed by atoms with Crippen LogP contribution in [0.2, 0.25) is 0 Å². The summed E-state index contributed by atoms with van der Waals surface area (Å²) in [5.74, 6) is 2.40. The van der Waals surface area contributed by atoms with Crippen molar-refractivity contribution in [1.29, 1.82) is 0 Å². The monoisotopic (exact) mass is 405 g/mol. The summed E-state index contributed by atoms with van der Waals surface area (Å²) in [6.07, 6.45) is 3.43. The van der Waals surface area contributed by atoms with Gasteiger partial charge in [0, 0.05) is 33.0 Å². The summed E-state index contributed by atoms with van der Waals surface area (Å²) < 4.78 is 8.28. The van der Waals surface area contributed by atoms with E-state index >= 15 is 0 Å². The van der Waals surface area contributed by atoms with Gasteiger partial charge in [-0.15, -0.1) is 0 Å². The lowest BCUT2D eigenvalue weighted by molar-refractivity contribution is -0.0628. The first-order valence-electron chi connectivity index (χ1n) is 6.60. The van der Waals surface area contributed by atoms with Crippen LogP contribution in [0.5, 0.6) is 0 Å². The molecule has 1 aromatic rings. The van der Waals surface area contributed by atoms with Gasteiger partial charge in [-0.3, -0.25) is 0 Å². The van der Waals surface area contributed by atoms with Crippen LogP contribution in [0.25, 0.3) is 0 Å². The van der Waals surface area contributed by atoms with Crippen molar-refractivity contribution >= 4 is 49.3 Å². The normalized spacial score (nSPS) is 30.7. The average Bonchev–Trinajstić information content (AvgIpc) is 2.81. The Morgan fingerprint density at radius 1 is 1.37 bits per heavy atom. The highest BCUT2D eigenvalue weighted by molar-refractivity contribution is 9.11. The van der Waals surface area contributed by atoms with E-state index in [1.165, 1.54) is 17.9 Å². The number of ether oxygens (including phenoxy) is 1. The molecule has 0 saturated carbocycles. The van der Waals surface area contributed by atoms with Gasteiger partial charge >= 0.3 is 0 Å². The summed E-state index contributed by atoms with van der Waals surface area (Å²) in [6, 6.07) is 6.81. The van der Waals surface area contributed by atoms with E-state index in [1.54, 1.807) is 0 Å². The van der Waals surface area contributed by atoms with E-state index in [0.717, 1.165) is 34.1 Å². The molecule has 2 saturated heterocycles. The highest BCUT2D eigenvalue weighted by Gasteiger charge is 2.40. The van der Waals surface area contributed by atoms with E-state index in [1.807, 2.05) is 11.8 Å². The minimum atomic E-state index is 0.141. The van der Waals surface area contributed by atoms with Gasteiger partial charge in [0.1, 0.15) is 0 Å². The van der Waals surface area contributed by atoms with Gasteiger partial charge in [-0.05, 0) is 59.1 Å². The third-order valence-corrected chi connectivity index (χ3v) is 6.22. The van der Waals surface area contributed by atoms with Gasteiger partial charge in [-0.25, -0.2) is 0 Å². The van der Waals surface area contributed by atoms with Crippen molar-refractivity contribution in [2.75, 3.05) is 23.4 Å². The largest absolute Gasteiger partial charge is 0.381 e. The fraction of sp³-hybridized carbons (Fsp3) is 0.571. The molecule has 2 nitrogen and oxygen atoms in total. The van der Waals surface area contributed by atoms with Crippen LogP contribution in [0.15, 0.2) is 27.1 Å². The Hall–Kier alpha value is 0.290. The van der Waals surface area contributed by atoms with Gasteiger partial charge in [0.25, 0.3) is 0 Å². The molecule has 2 unspecified atom stereocenters. The third kappa shape index (κ3) is 3.31. The molecule has 0 aliphatic carbocycles. The smallest absolute Gasteiger partial charge is 0.0799 e. The lowest BCUT2D eigenvalue weighted by atomic mass is 9.90. The van der Waals surface area contributed by atoms with Crippen LogP contribution in [0.3, 0.4) is 0 Å². The Balaban J connectivity index is 1.69. The van der Waals surface area contributed by atoms with Gasteiger partial charge in [-0.2, -0.15) is 11.8 Å². The Morgan fingerprint density at radius 3 is 3.00 bits per heavy atom. The number of nitrogens with one attached hydrogen (secondary N) is 1. The molecule has 2 heterocycles. The van der Waals surface area contributed by atoms with Crippen molar-refractivity contribution in [2.24, 2.45) is 0 Å². The Kier molecular flexibility index (Phi) is 4.47. The van der Waals surface area contributed by atoms with Crippen LogP contribution in [-0.4, -0.2) is 29.8 Å². The van der Waals surface area contributed by atoms with E-state index in [0.29, 0.717) is 6.04 Å². The molecule has 2 aliphatic rings. The molecule has 104 valence electrons. The summed E-state index contributed by atoms with van der Waals surface area (Å²) in [4.78, 5) is 0. The predicted molar refractivity (Wildman–Crippen MR) is 89.1 cm³/mol. The number of thioether (sulfide) groups is 1. The van der Waals surface area contributed by atoms with Crippen LogP contribution >= 0.6 is 43.6 Å². The van der Waals surface area contributed by atoms with Crippen molar-refractivity contribution in [3.8, 4) is 0 Å². The SMILES string of the molecule is Brc1ccc(NC2CCOC3(CCSC3)C2)c(Br)c1. The van der Waals surface area contributed by atoms with Crippen LogP contribution in [-0.2, 0) is 4.74 Å². The van der Waals surface area contributed by atoms with Gasteiger partial charge < -0.3 is 10.1 Å². The van der Waals surface area contributed by atoms with Crippen LogP contribution in [0.1, 0.15) is 19.3 Å². The lowest BCUT2D eigenvalue weighted by Crippen LogP contribution is -2.44. The summed E-state index contributed by atoms with van der Waals surface area (Å²) in [5.41, 5.74) is 1.32. The molecule has 1 spiro atoms. The molecule has 0 radical (unpaired) electrons. The van der Waals surface area contributed by atoms with Crippen molar-refractivity contribution in [3.63, 3.8) is 0 Å². The molecular weight excluding hydrogens is 390 g/mol. The molecule has 2 aliphatic heterocycles. The molecule has 19 heavy (non-hydrogen) atoms. The molecule has 0 amide bonds. The van der Waals surface area contributed by atoms with E-state index < -0.39 is 0 Å². The van der Waals surface area contributed by atoms with Gasteiger partial charge in [0.15, 0.2) is 0 Å². The van der Waals surface area contributed by atoms with Crippen molar-refractivity contribution in [1.82, 2.24) is 0 Å². The average molecular weight is 407 g/mol. The summed E-state index contributed by atoms with van der Waals surface area (Å²) in [6.45, 7) is 0.881. The Morgan fingerprint density at radius 2 is 2.26 bits per heavy atom. The second-order valence-electron chi connectivity index (χ2n) is 5.29. The first kappa shape index (κ1) is 14.2. The predicted octanol–water partition coefficient (Wildman–Crippen LogP) is 4.68. The topological polar surface area (TPSA) is 21.3 Å². The molecular formula is C14H17Br2NOS. The first-order valence-corrected chi connectivity index (χ1v) is 9.34. The lowest BCUT2D eigenvalue weighted by Gasteiger charge is -2.38. The summed E-state index contributed by atoms with van der Waals surface area (Å²) in [7, 11) is 0. The second-order valence-corrected chi connectivity index (χ2v) is 8.17. The number of hydrogen-bond donors (Lipinski definition) is 1. The van der Waals surface area contributed by atoms with Gasteiger partial charge in [0.2, 0.25) is 0 Å². The molecule has 5 heteroatoms. The number of halogens is 2. The van der Waals surface area contributed by atoms with Crippen molar-refractivity contribution < 1.29 is 4.74 Å². The molecule has 1 aromatic carbocycles. The zero-order valence-corrected chi connectivity index (χ0v) is 14.6. The fourth-order valence-electron chi connectivity index (χ4n) is 2.84. The second kappa shape index (κ2) is 5.96. The standard InChI is InChI=1S/C14H17Br2NOS/c15-10-1-2-13(12(16)7-10)17-11-3-5-18-14(8-11)4-6-19-9-14/h1-2,7,11,17H,3-6,8-9H2. The van der Waals surface area contributed by atoms with E-state index in [-0.39, 0.29) is 5.60 Å². The minimum absolute atomic E-state index is 0.141. The number of anilines is 1. The third-order valence-electron chi connectivity index (χ3n) is 3.85. The molecule has 1 N–H and O–H groups in total.